The van der Waals surface area contributed by atoms with Crippen molar-refractivity contribution in [2.75, 3.05) is 40.3 Å². The summed E-state index contributed by atoms with van der Waals surface area (Å²) in [6.45, 7) is -0.358. The maximum Gasteiger partial charge on any atom is 0.264 e. The molecule has 0 aliphatic carbocycles. The minimum Gasteiger partial charge on any atom is -0.354 e. The first-order valence-corrected chi connectivity index (χ1v) is 9.65. The molecular formula is C10H21NO8S2. The summed E-state index contributed by atoms with van der Waals surface area (Å²) in [6, 6.07) is -0.530. The average Bonchev–Trinajstić information content (AvgIpc) is 2.61. The molecule has 0 amide bonds. The number of hydrogen-bond acceptors (Lipinski definition) is 9. The predicted molar refractivity (Wildman–Crippen MR) is 73.7 cm³/mol. The summed E-state index contributed by atoms with van der Waals surface area (Å²) < 4.78 is 65.3. The molecular weight excluding hydrogens is 326 g/mol. The van der Waals surface area contributed by atoms with E-state index in [1.165, 1.54) is 7.11 Å². The van der Waals surface area contributed by atoms with Crippen LogP contribution in [-0.2, 0) is 38.1 Å². The van der Waals surface area contributed by atoms with Crippen LogP contribution in [0.1, 0.15) is 0 Å². The van der Waals surface area contributed by atoms with Gasteiger partial charge in [0, 0.05) is 7.11 Å². The third-order valence-corrected chi connectivity index (χ3v) is 3.99. The molecule has 1 fully saturated rings. The molecule has 126 valence electrons. The fraction of sp³-hybridized carbons (Fsp3) is 1.00. The van der Waals surface area contributed by atoms with Gasteiger partial charge in [0.25, 0.3) is 20.2 Å². The van der Waals surface area contributed by atoms with Gasteiger partial charge in [-0.05, 0) is 14.1 Å². The summed E-state index contributed by atoms with van der Waals surface area (Å²) in [7, 11) is -2.62. The Balaban J connectivity index is 2.98. The van der Waals surface area contributed by atoms with Crippen LogP contribution in [0.25, 0.3) is 0 Å². The van der Waals surface area contributed by atoms with Crippen LogP contribution >= 0.6 is 0 Å². The van der Waals surface area contributed by atoms with Crippen molar-refractivity contribution in [1.29, 1.82) is 0 Å². The second-order valence-corrected chi connectivity index (χ2v) is 8.23. The van der Waals surface area contributed by atoms with E-state index in [4.69, 9.17) is 13.7 Å². The summed E-state index contributed by atoms with van der Waals surface area (Å²) in [6.07, 6.45) is -0.798. The zero-order chi connectivity index (χ0) is 16.4. The largest absolute Gasteiger partial charge is 0.354 e. The first-order chi connectivity index (χ1) is 9.44. The van der Waals surface area contributed by atoms with Crippen molar-refractivity contribution < 1.29 is 34.7 Å². The molecule has 0 radical (unpaired) electrons. The van der Waals surface area contributed by atoms with Gasteiger partial charge in [-0.15, -0.1) is 0 Å². The van der Waals surface area contributed by atoms with Gasteiger partial charge in [-0.2, -0.15) is 16.8 Å². The number of ether oxygens (including phenoxy) is 2. The molecule has 1 heterocycles. The predicted octanol–water partition coefficient (Wildman–Crippen LogP) is -1.39. The average molecular weight is 347 g/mol. The lowest BCUT2D eigenvalue weighted by atomic mass is 10.1. The lowest BCUT2D eigenvalue weighted by molar-refractivity contribution is -0.138. The first kappa shape index (κ1) is 18.7. The van der Waals surface area contributed by atoms with Crippen molar-refractivity contribution in [2.45, 2.75) is 24.5 Å². The topological polar surface area (TPSA) is 108 Å². The van der Waals surface area contributed by atoms with Crippen molar-refractivity contribution in [3.05, 3.63) is 0 Å². The van der Waals surface area contributed by atoms with Gasteiger partial charge in [0.05, 0.1) is 25.2 Å². The second-order valence-electron chi connectivity index (χ2n) is 4.99. The van der Waals surface area contributed by atoms with Crippen LogP contribution < -0.4 is 0 Å². The number of nitrogens with zero attached hydrogens (tertiary/aromatic N) is 1. The third-order valence-electron chi connectivity index (χ3n) is 2.85. The molecule has 0 saturated carbocycles. The Labute approximate surface area is 125 Å². The van der Waals surface area contributed by atoms with Crippen molar-refractivity contribution >= 4 is 20.2 Å². The van der Waals surface area contributed by atoms with Crippen LogP contribution in [0, 0.1) is 0 Å². The van der Waals surface area contributed by atoms with Gasteiger partial charge in [-0.25, -0.2) is 0 Å². The highest BCUT2D eigenvalue weighted by molar-refractivity contribution is 7.86. The third kappa shape index (κ3) is 5.77. The van der Waals surface area contributed by atoms with Crippen LogP contribution in [0.2, 0.25) is 0 Å². The molecule has 9 nitrogen and oxygen atoms in total. The zero-order valence-corrected chi connectivity index (χ0v) is 14.2. The van der Waals surface area contributed by atoms with Gasteiger partial charge in [0.1, 0.15) is 12.2 Å². The van der Waals surface area contributed by atoms with Gasteiger partial charge >= 0.3 is 0 Å². The van der Waals surface area contributed by atoms with E-state index in [1.54, 1.807) is 19.0 Å². The van der Waals surface area contributed by atoms with Gasteiger partial charge in [0.15, 0.2) is 6.29 Å². The van der Waals surface area contributed by atoms with Crippen molar-refractivity contribution in [2.24, 2.45) is 0 Å². The molecule has 0 unspecified atom stereocenters. The summed E-state index contributed by atoms with van der Waals surface area (Å²) in [5, 5.41) is 0. The maximum absolute atomic E-state index is 11.4. The number of rotatable bonds is 7. The highest BCUT2D eigenvalue weighted by Crippen LogP contribution is 2.29. The van der Waals surface area contributed by atoms with E-state index in [9.17, 15) is 16.8 Å². The molecule has 0 bridgehead atoms. The molecule has 1 rings (SSSR count). The Morgan fingerprint density at radius 2 is 1.67 bits per heavy atom. The zero-order valence-electron chi connectivity index (χ0n) is 12.5. The van der Waals surface area contributed by atoms with E-state index < -0.39 is 44.8 Å². The Hall–Kier alpha value is -0.300. The van der Waals surface area contributed by atoms with E-state index in [0.29, 0.717) is 0 Å². The van der Waals surface area contributed by atoms with Crippen LogP contribution in [0.15, 0.2) is 0 Å². The smallest absolute Gasteiger partial charge is 0.264 e. The molecule has 1 aliphatic rings. The molecule has 11 heteroatoms. The van der Waals surface area contributed by atoms with Gasteiger partial charge < -0.3 is 9.47 Å². The minimum absolute atomic E-state index is 0.358. The molecule has 0 aromatic heterocycles. The minimum atomic E-state index is -3.76. The number of methoxy groups -OCH3 is 1. The lowest BCUT2D eigenvalue weighted by Gasteiger charge is -2.28. The van der Waals surface area contributed by atoms with E-state index >= 15 is 0 Å². The fourth-order valence-corrected chi connectivity index (χ4v) is 3.11. The Kier molecular flexibility index (Phi) is 6.12. The molecule has 1 saturated heterocycles. The molecule has 4 atom stereocenters. The summed E-state index contributed by atoms with van der Waals surface area (Å²) in [5.41, 5.74) is 0. The second kappa shape index (κ2) is 6.86. The van der Waals surface area contributed by atoms with E-state index in [2.05, 4.69) is 4.18 Å². The lowest BCUT2D eigenvalue weighted by Crippen LogP contribution is -2.47. The van der Waals surface area contributed by atoms with Crippen LogP contribution in [0.3, 0.4) is 0 Å². The molecule has 1 aliphatic heterocycles. The fourth-order valence-electron chi connectivity index (χ4n) is 2.08. The van der Waals surface area contributed by atoms with Gasteiger partial charge in [0.2, 0.25) is 0 Å². The Bertz CT molecular complexity index is 543. The van der Waals surface area contributed by atoms with Gasteiger partial charge in [-0.3, -0.25) is 13.3 Å². The first-order valence-electron chi connectivity index (χ1n) is 6.02. The molecule has 0 aromatic rings. The van der Waals surface area contributed by atoms with Gasteiger partial charge in [-0.1, -0.05) is 0 Å². The van der Waals surface area contributed by atoms with Crippen LogP contribution in [-0.4, -0.2) is 86.6 Å². The summed E-state index contributed by atoms with van der Waals surface area (Å²) in [5.74, 6) is 0. The standard InChI is InChI=1S/C10H21NO8S2/c1-11(2)8-9(19-21(5,14)15)7(18-10(8)16-3)6-17-20(4,12)13/h7-10H,6H2,1-5H3/t7-,8+,9-,10+/m1/s1. The Morgan fingerprint density at radius 3 is 2.05 bits per heavy atom. The maximum atomic E-state index is 11.4. The monoisotopic (exact) mass is 347 g/mol. The Morgan fingerprint density at radius 1 is 1.10 bits per heavy atom. The van der Waals surface area contributed by atoms with Crippen molar-refractivity contribution in [3.8, 4) is 0 Å². The van der Waals surface area contributed by atoms with Crippen molar-refractivity contribution in [3.63, 3.8) is 0 Å². The highest BCUT2D eigenvalue weighted by atomic mass is 32.2. The van der Waals surface area contributed by atoms with E-state index in [-0.39, 0.29) is 6.61 Å². The van der Waals surface area contributed by atoms with Crippen LogP contribution in [0.4, 0.5) is 0 Å². The molecule has 0 N–H and O–H groups in total. The molecule has 0 aromatic carbocycles. The molecule has 0 spiro atoms. The highest BCUT2D eigenvalue weighted by Gasteiger charge is 2.49. The van der Waals surface area contributed by atoms with E-state index in [1.807, 2.05) is 0 Å². The summed E-state index contributed by atoms with van der Waals surface area (Å²) in [4.78, 5) is 1.68. The van der Waals surface area contributed by atoms with Crippen molar-refractivity contribution in [1.82, 2.24) is 4.90 Å². The summed E-state index contributed by atoms with van der Waals surface area (Å²) >= 11 is 0. The van der Waals surface area contributed by atoms with Crippen LogP contribution in [0.5, 0.6) is 0 Å². The quantitative estimate of drug-likeness (QED) is 0.514. The SMILES string of the molecule is CO[C@H]1O[C@H](COS(C)(=O)=O)[C@@H](OS(C)(=O)=O)[C@@H]1N(C)C. The molecule has 21 heavy (non-hydrogen) atoms. The number of likely N-dealkylation sites (N-methyl/N-ethyl adjacent to an activating group) is 1. The van der Waals surface area contributed by atoms with E-state index in [0.717, 1.165) is 12.5 Å². The number of hydrogen-bond donors (Lipinski definition) is 0. The normalized spacial score (nSPS) is 31.0.